The summed E-state index contributed by atoms with van der Waals surface area (Å²) in [6.45, 7) is 1.81. The minimum atomic E-state index is -0.179. The fraction of sp³-hybridized carbons (Fsp3) is 0.625. The number of carbonyl (C=O) groups is 1. The molecule has 0 saturated heterocycles. The van der Waals surface area contributed by atoms with Crippen LogP contribution in [0.15, 0.2) is 0 Å². The van der Waals surface area contributed by atoms with Crippen molar-refractivity contribution in [2.75, 3.05) is 26.8 Å². The van der Waals surface area contributed by atoms with Gasteiger partial charge in [0.25, 0.3) is 0 Å². The van der Waals surface area contributed by atoms with Gasteiger partial charge in [-0.3, -0.25) is 10.1 Å². The van der Waals surface area contributed by atoms with Crippen LogP contribution in [0.25, 0.3) is 0 Å². The third-order valence-corrected chi connectivity index (χ3v) is 1.18. The van der Waals surface area contributed by atoms with Gasteiger partial charge in [0.05, 0.1) is 19.6 Å². The molecule has 0 aromatic heterocycles. The van der Waals surface area contributed by atoms with Gasteiger partial charge < -0.3 is 10.1 Å². The molecule has 0 aliphatic carbocycles. The number of amides is 1. The van der Waals surface area contributed by atoms with Gasteiger partial charge in [0.2, 0.25) is 5.91 Å². The van der Waals surface area contributed by atoms with Crippen LogP contribution in [-0.4, -0.2) is 32.7 Å². The Morgan fingerprint density at radius 2 is 2.33 bits per heavy atom. The third-order valence-electron chi connectivity index (χ3n) is 1.18. The van der Waals surface area contributed by atoms with Crippen molar-refractivity contribution in [3.8, 4) is 12.5 Å². The number of hydrogen-bond acceptors (Lipinski definition) is 3. The highest BCUT2D eigenvalue weighted by atomic mass is 16.5. The highest BCUT2D eigenvalue weighted by molar-refractivity contribution is 5.77. The van der Waals surface area contributed by atoms with Crippen LogP contribution in [0.2, 0.25) is 0 Å². The molecule has 0 spiro atoms. The van der Waals surface area contributed by atoms with E-state index in [1.54, 1.807) is 0 Å². The predicted molar refractivity (Wildman–Crippen MR) is 46.3 cm³/mol. The van der Waals surface area contributed by atoms with Gasteiger partial charge in [-0.1, -0.05) is 6.42 Å². The van der Waals surface area contributed by atoms with Gasteiger partial charge in [-0.05, 0) is 7.05 Å². The molecular weight excluding hydrogens is 156 g/mol. The second-order valence-electron chi connectivity index (χ2n) is 2.16. The summed E-state index contributed by atoms with van der Waals surface area (Å²) in [6.07, 6.45) is 5.16. The van der Waals surface area contributed by atoms with Crippen molar-refractivity contribution >= 4 is 5.91 Å². The van der Waals surface area contributed by atoms with Crippen molar-refractivity contribution in [2.45, 2.75) is 6.42 Å². The molecule has 0 atom stereocenters. The molecule has 0 rings (SSSR count). The number of likely N-dealkylation sites (N-methyl/N-ethyl adjacent to an activating group) is 1. The molecule has 0 unspecified atom stereocenters. The molecule has 4 heteroatoms. The van der Waals surface area contributed by atoms with Crippen LogP contribution in [0, 0.1) is 12.5 Å². The number of nitrogens with one attached hydrogen (secondary N) is 2. The first-order valence-electron chi connectivity index (χ1n) is 3.78. The average molecular weight is 170 g/mol. The monoisotopic (exact) mass is 170 g/mol. The number of ether oxygens (including phenoxy) is 1. The van der Waals surface area contributed by atoms with Crippen LogP contribution >= 0.6 is 0 Å². The van der Waals surface area contributed by atoms with Gasteiger partial charge in [0.15, 0.2) is 0 Å². The second kappa shape index (κ2) is 8.05. The smallest absolute Gasteiger partial charge is 0.233 e. The Labute approximate surface area is 72.7 Å². The minimum absolute atomic E-state index is 0.179. The zero-order chi connectivity index (χ0) is 9.23. The van der Waals surface area contributed by atoms with E-state index in [4.69, 9.17) is 11.2 Å². The summed E-state index contributed by atoms with van der Waals surface area (Å²) in [6, 6.07) is 2.05. The van der Waals surface area contributed by atoms with E-state index in [1.165, 1.54) is 0 Å². The summed E-state index contributed by atoms with van der Waals surface area (Å²) in [7, 11) is 1.84. The fourth-order valence-corrected chi connectivity index (χ4v) is 0.584. The predicted octanol–water partition coefficient (Wildman–Crippen LogP) is -0.681. The van der Waals surface area contributed by atoms with Crippen LogP contribution in [0.4, 0.5) is 0 Å². The van der Waals surface area contributed by atoms with Crippen LogP contribution in [0.3, 0.4) is 0 Å². The molecule has 0 aromatic rings. The van der Waals surface area contributed by atoms with E-state index in [0.29, 0.717) is 19.6 Å². The Bertz CT molecular complexity index is 163. The van der Waals surface area contributed by atoms with Crippen LogP contribution < -0.4 is 10.6 Å². The molecule has 12 heavy (non-hydrogen) atoms. The van der Waals surface area contributed by atoms with E-state index >= 15 is 0 Å². The number of hydrogen-bond donors (Lipinski definition) is 2. The van der Waals surface area contributed by atoms with E-state index in [9.17, 15) is 4.79 Å². The summed E-state index contributed by atoms with van der Waals surface area (Å²) in [5.41, 5.74) is 0. The number of carbonyl (C=O) groups excluding carboxylic acids is 1. The molecule has 0 heterocycles. The zero-order valence-corrected chi connectivity index (χ0v) is 7.22. The van der Waals surface area contributed by atoms with Crippen molar-refractivity contribution < 1.29 is 9.53 Å². The van der Waals surface area contributed by atoms with Crippen molar-refractivity contribution in [3.05, 3.63) is 0 Å². The zero-order valence-electron chi connectivity index (χ0n) is 7.22. The lowest BCUT2D eigenvalue weighted by Crippen LogP contribution is -2.20. The highest BCUT2D eigenvalue weighted by Crippen LogP contribution is 1.81. The molecule has 0 aliphatic rings. The molecule has 68 valence electrons. The van der Waals surface area contributed by atoms with Gasteiger partial charge in [-0.15, -0.1) is 0 Å². The average Bonchev–Trinajstić information content (AvgIpc) is 2.05. The summed E-state index contributed by atoms with van der Waals surface area (Å²) in [5, 5.41) is 5.15. The second-order valence-corrected chi connectivity index (χ2v) is 2.16. The van der Waals surface area contributed by atoms with Crippen LogP contribution in [0.1, 0.15) is 6.42 Å². The van der Waals surface area contributed by atoms with Crippen LogP contribution in [-0.2, 0) is 9.53 Å². The maximum atomic E-state index is 10.7. The van der Waals surface area contributed by atoms with Crippen LogP contribution in [0.5, 0.6) is 0 Å². The largest absolute Gasteiger partial charge is 0.380 e. The van der Waals surface area contributed by atoms with Crippen molar-refractivity contribution in [3.63, 3.8) is 0 Å². The summed E-state index contributed by atoms with van der Waals surface area (Å²) in [5.74, 6) is -0.179. The lowest BCUT2D eigenvalue weighted by Gasteiger charge is -2.01. The first kappa shape index (κ1) is 11.0. The van der Waals surface area contributed by atoms with Gasteiger partial charge in [0, 0.05) is 12.6 Å². The SMILES string of the molecule is C#CNC(=O)CCOCCNC. The Kier molecular flexibility index (Phi) is 7.35. The summed E-state index contributed by atoms with van der Waals surface area (Å²) >= 11 is 0. The molecule has 1 amide bonds. The van der Waals surface area contributed by atoms with Gasteiger partial charge in [-0.2, -0.15) is 0 Å². The van der Waals surface area contributed by atoms with E-state index in [-0.39, 0.29) is 5.91 Å². The molecule has 0 aliphatic heterocycles. The summed E-state index contributed by atoms with van der Waals surface area (Å²) in [4.78, 5) is 10.7. The van der Waals surface area contributed by atoms with Crippen molar-refractivity contribution in [2.24, 2.45) is 0 Å². The fourth-order valence-electron chi connectivity index (χ4n) is 0.584. The Morgan fingerprint density at radius 1 is 1.58 bits per heavy atom. The van der Waals surface area contributed by atoms with E-state index in [0.717, 1.165) is 6.54 Å². The van der Waals surface area contributed by atoms with Gasteiger partial charge in [0.1, 0.15) is 0 Å². The summed E-state index contributed by atoms with van der Waals surface area (Å²) < 4.78 is 5.10. The molecule has 2 N–H and O–H groups in total. The molecule has 0 bridgehead atoms. The quantitative estimate of drug-likeness (QED) is 0.315. The van der Waals surface area contributed by atoms with Gasteiger partial charge >= 0.3 is 0 Å². The Morgan fingerprint density at radius 3 is 2.92 bits per heavy atom. The number of terminal acetylenes is 1. The van der Waals surface area contributed by atoms with E-state index in [1.807, 2.05) is 7.05 Å². The molecule has 0 fully saturated rings. The molecular formula is C8H14N2O2. The van der Waals surface area contributed by atoms with Crippen molar-refractivity contribution in [1.82, 2.24) is 10.6 Å². The first-order valence-corrected chi connectivity index (χ1v) is 3.78. The van der Waals surface area contributed by atoms with Gasteiger partial charge in [-0.25, -0.2) is 0 Å². The molecule has 4 nitrogen and oxygen atoms in total. The minimum Gasteiger partial charge on any atom is -0.380 e. The first-order chi connectivity index (χ1) is 5.81. The standard InChI is InChI=1S/C8H14N2O2/c1-3-10-8(11)4-6-12-7-5-9-2/h1,9H,4-7H2,2H3,(H,10,11). The van der Waals surface area contributed by atoms with Crippen molar-refractivity contribution in [1.29, 1.82) is 0 Å². The molecule has 0 radical (unpaired) electrons. The maximum absolute atomic E-state index is 10.7. The topological polar surface area (TPSA) is 50.4 Å². The molecule has 0 aromatic carbocycles. The number of rotatable bonds is 6. The normalized spacial score (nSPS) is 9.00. The Balaban J connectivity index is 3.10. The van der Waals surface area contributed by atoms with E-state index in [2.05, 4.69) is 16.7 Å². The molecule has 0 saturated carbocycles. The van der Waals surface area contributed by atoms with E-state index < -0.39 is 0 Å². The lowest BCUT2D eigenvalue weighted by atomic mass is 10.4. The third kappa shape index (κ3) is 7.06. The lowest BCUT2D eigenvalue weighted by molar-refractivity contribution is -0.121. The highest BCUT2D eigenvalue weighted by Gasteiger charge is 1.97. The Hall–Kier alpha value is -1.05. The maximum Gasteiger partial charge on any atom is 0.233 e.